The maximum Gasteiger partial charge on any atom is 0.290 e. The van der Waals surface area contributed by atoms with Crippen molar-refractivity contribution in [1.82, 2.24) is 20.0 Å². The lowest BCUT2D eigenvalue weighted by Gasteiger charge is -2.21. The lowest BCUT2D eigenvalue weighted by molar-refractivity contribution is -0.122. The number of pyridine rings is 1. The van der Waals surface area contributed by atoms with Crippen LogP contribution < -0.4 is 10.0 Å². The van der Waals surface area contributed by atoms with Crippen LogP contribution in [0.2, 0.25) is 0 Å². The number of aromatic nitrogens is 2. The number of hydrogen-bond donors (Lipinski definition) is 5. The van der Waals surface area contributed by atoms with Gasteiger partial charge in [-0.25, -0.2) is 18.1 Å². The number of rotatable bonds is 6. The van der Waals surface area contributed by atoms with Crippen molar-refractivity contribution >= 4 is 38.9 Å². The number of piperidine rings is 1. The number of H-pyrrole nitrogens is 1. The van der Waals surface area contributed by atoms with Crippen LogP contribution in [0.3, 0.4) is 0 Å². The largest absolute Gasteiger partial charge is 0.483 e. The van der Waals surface area contributed by atoms with Crippen molar-refractivity contribution in [1.29, 1.82) is 0 Å². The standard InChI is InChI=1S/C18H22N4O3S2.CH2O2/c23-9-8-21-27(24,25)17-4-3-16(26-17)13-5-7-20-18-14(13)10-15(22-18)12-2-1-6-19-11-12;2-1-3/h3-5,7,10,12,19,21,23H,1-2,6,8-9,11H2,(H,20,22);1H,(H,2,3). The van der Waals surface area contributed by atoms with Crippen molar-refractivity contribution in [3.8, 4) is 10.4 Å². The summed E-state index contributed by atoms with van der Waals surface area (Å²) in [5.41, 5.74) is 2.97. The summed E-state index contributed by atoms with van der Waals surface area (Å²) in [5, 5.41) is 20.2. The molecule has 0 saturated carbocycles. The minimum atomic E-state index is -3.60. The van der Waals surface area contributed by atoms with Crippen LogP contribution in [-0.2, 0) is 14.8 Å². The van der Waals surface area contributed by atoms with E-state index in [0.29, 0.717) is 5.92 Å². The summed E-state index contributed by atoms with van der Waals surface area (Å²) in [4.78, 5) is 17.1. The molecule has 0 spiro atoms. The van der Waals surface area contributed by atoms with Crippen molar-refractivity contribution in [3.63, 3.8) is 0 Å². The van der Waals surface area contributed by atoms with Crippen molar-refractivity contribution in [2.45, 2.75) is 23.0 Å². The second kappa shape index (κ2) is 10.1. The van der Waals surface area contributed by atoms with Gasteiger partial charge in [-0.3, -0.25) is 4.79 Å². The smallest absolute Gasteiger partial charge is 0.290 e. The summed E-state index contributed by atoms with van der Waals surface area (Å²) in [6, 6.07) is 7.49. The number of aliphatic hydroxyl groups excluding tert-OH is 1. The zero-order valence-electron chi connectivity index (χ0n) is 16.2. The van der Waals surface area contributed by atoms with Gasteiger partial charge in [0.2, 0.25) is 10.0 Å². The molecular formula is C19H24N4O5S2. The highest BCUT2D eigenvalue weighted by atomic mass is 32.2. The molecule has 0 bridgehead atoms. The van der Waals surface area contributed by atoms with Crippen molar-refractivity contribution in [2.75, 3.05) is 26.2 Å². The Bertz CT molecular complexity index is 1090. The molecule has 162 valence electrons. The highest BCUT2D eigenvalue weighted by Gasteiger charge is 2.20. The Morgan fingerprint density at radius 3 is 2.83 bits per heavy atom. The second-order valence-electron chi connectivity index (χ2n) is 6.73. The summed E-state index contributed by atoms with van der Waals surface area (Å²) < 4.78 is 27.2. The fourth-order valence-electron chi connectivity index (χ4n) is 3.46. The lowest BCUT2D eigenvalue weighted by Crippen LogP contribution is -2.28. The molecule has 30 heavy (non-hydrogen) atoms. The highest BCUT2D eigenvalue weighted by molar-refractivity contribution is 7.91. The number of aliphatic hydroxyl groups is 1. The van der Waals surface area contributed by atoms with Gasteiger partial charge in [0.05, 0.1) is 6.61 Å². The molecule has 4 heterocycles. The molecule has 1 atom stereocenters. The molecule has 11 heteroatoms. The molecule has 0 radical (unpaired) electrons. The topological polar surface area (TPSA) is 144 Å². The second-order valence-corrected chi connectivity index (χ2v) is 9.81. The Kier molecular flexibility index (Phi) is 7.56. The molecule has 0 amide bonds. The molecule has 4 rings (SSSR count). The van der Waals surface area contributed by atoms with Gasteiger partial charge in [-0.05, 0) is 43.7 Å². The lowest BCUT2D eigenvalue weighted by atomic mass is 9.96. The first-order valence-corrected chi connectivity index (χ1v) is 11.8. The van der Waals surface area contributed by atoms with E-state index in [1.807, 2.05) is 12.1 Å². The Morgan fingerprint density at radius 2 is 2.13 bits per heavy atom. The van der Waals surface area contributed by atoms with Crippen LogP contribution in [0.5, 0.6) is 0 Å². The van der Waals surface area contributed by atoms with E-state index in [1.54, 1.807) is 12.3 Å². The van der Waals surface area contributed by atoms with Gasteiger partial charge in [0, 0.05) is 46.7 Å². The average molecular weight is 453 g/mol. The van der Waals surface area contributed by atoms with Crippen molar-refractivity contribution in [2.24, 2.45) is 0 Å². The summed E-state index contributed by atoms with van der Waals surface area (Å²) >= 11 is 1.22. The van der Waals surface area contributed by atoms with Gasteiger partial charge in [-0.15, -0.1) is 11.3 Å². The molecule has 1 unspecified atom stereocenters. The third-order valence-electron chi connectivity index (χ3n) is 4.80. The van der Waals surface area contributed by atoms with E-state index in [1.165, 1.54) is 17.0 Å². The predicted molar refractivity (Wildman–Crippen MR) is 115 cm³/mol. The zero-order valence-corrected chi connectivity index (χ0v) is 17.8. The van der Waals surface area contributed by atoms with Gasteiger partial charge in [0.1, 0.15) is 9.86 Å². The van der Waals surface area contributed by atoms with Crippen LogP contribution in [0.25, 0.3) is 21.5 Å². The van der Waals surface area contributed by atoms with Crippen LogP contribution in [0.1, 0.15) is 24.5 Å². The van der Waals surface area contributed by atoms with E-state index < -0.39 is 10.0 Å². The van der Waals surface area contributed by atoms with Gasteiger partial charge in [-0.1, -0.05) is 0 Å². The Balaban J connectivity index is 0.000000806. The Morgan fingerprint density at radius 1 is 1.33 bits per heavy atom. The number of hydrogen-bond acceptors (Lipinski definition) is 7. The van der Waals surface area contributed by atoms with E-state index in [9.17, 15) is 8.42 Å². The van der Waals surface area contributed by atoms with E-state index in [2.05, 4.69) is 26.1 Å². The predicted octanol–water partition coefficient (Wildman–Crippen LogP) is 1.73. The minimum absolute atomic E-state index is 0.00562. The number of aromatic amines is 1. The summed E-state index contributed by atoms with van der Waals surface area (Å²) in [6.07, 6.45) is 4.05. The molecule has 1 fully saturated rings. The number of sulfonamides is 1. The van der Waals surface area contributed by atoms with Crippen molar-refractivity contribution < 1.29 is 23.4 Å². The summed E-state index contributed by atoms with van der Waals surface area (Å²) in [5.74, 6) is 0.447. The fraction of sp³-hybridized carbons (Fsp3) is 0.368. The first kappa shape index (κ1) is 22.4. The van der Waals surface area contributed by atoms with Crippen LogP contribution in [0.4, 0.5) is 0 Å². The quantitative estimate of drug-likeness (QED) is 0.358. The van der Waals surface area contributed by atoms with Gasteiger partial charge >= 0.3 is 0 Å². The Hall–Kier alpha value is -2.31. The molecule has 1 saturated heterocycles. The number of carbonyl (C=O) groups is 1. The monoisotopic (exact) mass is 452 g/mol. The van der Waals surface area contributed by atoms with Crippen LogP contribution in [0.15, 0.2) is 34.7 Å². The summed E-state index contributed by atoms with van der Waals surface area (Å²) in [7, 11) is -3.60. The third-order valence-corrected chi connectivity index (χ3v) is 7.88. The molecule has 0 aromatic carbocycles. The molecule has 3 aromatic heterocycles. The van der Waals surface area contributed by atoms with Gasteiger partial charge in [0.25, 0.3) is 6.47 Å². The van der Waals surface area contributed by atoms with E-state index in [-0.39, 0.29) is 23.8 Å². The van der Waals surface area contributed by atoms with Crippen molar-refractivity contribution in [3.05, 3.63) is 36.2 Å². The van der Waals surface area contributed by atoms with E-state index >= 15 is 0 Å². The first-order chi connectivity index (χ1) is 14.5. The van der Waals surface area contributed by atoms with Gasteiger partial charge < -0.3 is 20.5 Å². The molecule has 9 nitrogen and oxygen atoms in total. The van der Waals surface area contributed by atoms with E-state index in [0.717, 1.165) is 47.4 Å². The average Bonchev–Trinajstić information content (AvgIpc) is 3.41. The molecule has 1 aliphatic heterocycles. The van der Waals surface area contributed by atoms with Gasteiger partial charge in [0.15, 0.2) is 0 Å². The van der Waals surface area contributed by atoms with Crippen LogP contribution >= 0.6 is 11.3 Å². The number of thiophene rings is 1. The maximum atomic E-state index is 12.3. The number of carboxylic acid groups (broad SMARTS) is 1. The summed E-state index contributed by atoms with van der Waals surface area (Å²) in [6.45, 7) is 1.55. The normalized spacial score (nSPS) is 16.8. The molecule has 1 aliphatic rings. The number of nitrogens with zero attached hydrogens (tertiary/aromatic N) is 1. The van der Waals surface area contributed by atoms with Crippen LogP contribution in [0, 0.1) is 0 Å². The zero-order chi connectivity index (χ0) is 21.6. The SMILES string of the molecule is O=CO.O=S(=O)(NCCO)c1ccc(-c2ccnc3[nH]c(C4CCCNC4)cc23)s1. The van der Waals surface area contributed by atoms with Crippen LogP contribution in [-0.4, -0.2) is 61.3 Å². The maximum absolute atomic E-state index is 12.3. The highest BCUT2D eigenvalue weighted by Crippen LogP contribution is 2.36. The van der Waals surface area contributed by atoms with Gasteiger partial charge in [-0.2, -0.15) is 0 Å². The number of fused-ring (bicyclic) bond motifs is 1. The minimum Gasteiger partial charge on any atom is -0.483 e. The fourth-order valence-corrected chi connectivity index (χ4v) is 5.87. The van der Waals surface area contributed by atoms with E-state index in [4.69, 9.17) is 15.0 Å². The third kappa shape index (κ3) is 5.05. The number of nitrogens with one attached hydrogen (secondary N) is 3. The molecule has 0 aliphatic carbocycles. The molecule has 5 N–H and O–H groups in total. The molecular weight excluding hydrogens is 428 g/mol. The Labute approximate surface area is 178 Å². The first-order valence-electron chi connectivity index (χ1n) is 9.47. The molecule has 3 aromatic rings.